The Morgan fingerprint density at radius 3 is 2.61 bits per heavy atom. The van der Waals surface area contributed by atoms with Gasteiger partial charge in [0.1, 0.15) is 0 Å². The highest BCUT2D eigenvalue weighted by molar-refractivity contribution is 8.02. The molecule has 4 aliphatic carbocycles. The molecule has 2 fully saturated rings. The molecular weight excluding hydrogens is 458 g/mol. The van der Waals surface area contributed by atoms with Crippen LogP contribution in [0.4, 0.5) is 0 Å². The van der Waals surface area contributed by atoms with Crippen molar-refractivity contribution in [3.8, 4) is 0 Å². The molecule has 36 heavy (non-hydrogen) atoms. The number of fused-ring (bicyclic) bond motifs is 1. The van der Waals surface area contributed by atoms with Gasteiger partial charge < -0.3 is 5.11 Å². The second-order valence-electron chi connectivity index (χ2n) is 13.2. The van der Waals surface area contributed by atoms with Crippen molar-refractivity contribution in [2.24, 2.45) is 41.4 Å². The third-order valence-corrected chi connectivity index (χ3v) is 12.1. The lowest BCUT2D eigenvalue weighted by atomic mass is 9.72. The van der Waals surface area contributed by atoms with Crippen LogP contribution in [0.3, 0.4) is 0 Å². The summed E-state index contributed by atoms with van der Waals surface area (Å²) in [6.45, 7) is 3.59. The number of hydrogen-bond acceptors (Lipinski definition) is 3. The van der Waals surface area contributed by atoms with E-state index < -0.39 is 0 Å². The number of nitrogens with zero attached hydrogens (tertiary/aromatic N) is 1. The molecule has 1 heterocycles. The van der Waals surface area contributed by atoms with Crippen LogP contribution in [0.5, 0.6) is 0 Å². The van der Waals surface area contributed by atoms with Gasteiger partial charge in [0.2, 0.25) is 0 Å². The second kappa shape index (κ2) is 13.0. The molecule has 0 aromatic rings. The summed E-state index contributed by atoms with van der Waals surface area (Å²) in [5.74, 6) is 5.45. The Labute approximate surface area is 226 Å². The van der Waals surface area contributed by atoms with Gasteiger partial charge in [0.25, 0.3) is 0 Å². The number of thioether (sulfide) groups is 1. The molecule has 202 valence electrons. The van der Waals surface area contributed by atoms with E-state index in [0.29, 0.717) is 17.2 Å². The Hall–Kier alpha value is -0.510. The molecule has 0 bridgehead atoms. The van der Waals surface area contributed by atoms with Crippen molar-refractivity contribution in [1.82, 2.24) is 4.90 Å². The normalized spacial score (nSPS) is 39.7. The minimum absolute atomic E-state index is 0.0509. The van der Waals surface area contributed by atoms with Gasteiger partial charge >= 0.3 is 0 Å². The number of allylic oxidation sites excluding steroid dienone is 4. The first kappa shape index (κ1) is 27.1. The molecule has 2 saturated carbocycles. The highest BCUT2D eigenvalue weighted by atomic mass is 32.2. The Kier molecular flexibility index (Phi) is 9.80. The minimum atomic E-state index is -0.0509. The van der Waals surface area contributed by atoms with Crippen molar-refractivity contribution in [2.45, 2.75) is 115 Å². The molecule has 2 nitrogen and oxygen atoms in total. The fraction of sp³-hybridized carbons (Fsp3) is 0.818. The maximum Gasteiger partial charge on any atom is 0.0634 e. The highest BCUT2D eigenvalue weighted by Gasteiger charge is 2.33. The zero-order valence-corrected chi connectivity index (χ0v) is 24.0. The van der Waals surface area contributed by atoms with Gasteiger partial charge in [0.15, 0.2) is 0 Å². The molecular formula is C33H53NOS. The van der Waals surface area contributed by atoms with E-state index in [-0.39, 0.29) is 6.10 Å². The molecule has 1 N–H and O–H groups in total. The molecule has 0 aromatic heterocycles. The van der Waals surface area contributed by atoms with Crippen molar-refractivity contribution in [2.75, 3.05) is 13.6 Å². The van der Waals surface area contributed by atoms with Gasteiger partial charge in [-0.2, -0.15) is 0 Å². The van der Waals surface area contributed by atoms with Crippen LogP contribution in [-0.2, 0) is 0 Å². The quantitative estimate of drug-likeness (QED) is 0.314. The van der Waals surface area contributed by atoms with Gasteiger partial charge in [-0.25, -0.2) is 0 Å². The third-order valence-electron chi connectivity index (χ3n) is 10.8. The summed E-state index contributed by atoms with van der Waals surface area (Å²) in [5, 5.41) is 14.1. The smallest absolute Gasteiger partial charge is 0.0634 e. The standard InChI is InChI=1S/C33H53NOS/c1-3-24-7-6-8-25(19-24)13-18-32(35)28-14-11-26(12-15-28)22-34(2)33-21-31(23-36-33)30-17-16-27-9-4-5-10-29(27)20-30/h5,10,16-17,23-30,32-33,35H,3-4,6-9,11-15,18-22H2,1-2H3/t24?,25-,26?,27+,28?,29?,30?,32?,33?/m1/s1. The zero-order chi connectivity index (χ0) is 24.9. The summed E-state index contributed by atoms with van der Waals surface area (Å²) in [6.07, 6.45) is 29.6. The number of rotatable bonds is 9. The summed E-state index contributed by atoms with van der Waals surface area (Å²) in [5.41, 5.74) is 1.68. The number of aliphatic hydroxyl groups is 1. The van der Waals surface area contributed by atoms with Crippen molar-refractivity contribution >= 4 is 11.8 Å². The van der Waals surface area contributed by atoms with E-state index in [9.17, 15) is 5.11 Å². The maximum atomic E-state index is 11.0. The molecule has 5 rings (SSSR count). The van der Waals surface area contributed by atoms with Crippen LogP contribution < -0.4 is 0 Å². The van der Waals surface area contributed by atoms with Crippen LogP contribution >= 0.6 is 11.8 Å². The SMILES string of the molecule is CCC1CCC[C@H](CCC(O)C2CCC(CN(C)C3CC(C4C=C[C@@H]5CCC=CC5C4)=CS3)CC2)C1. The summed E-state index contributed by atoms with van der Waals surface area (Å²) in [6, 6.07) is 0. The number of aliphatic hydroxyl groups excluding tert-OH is 1. The molecule has 5 unspecified atom stereocenters. The van der Waals surface area contributed by atoms with Crippen molar-refractivity contribution in [1.29, 1.82) is 0 Å². The van der Waals surface area contributed by atoms with Crippen molar-refractivity contribution in [3.05, 3.63) is 35.3 Å². The van der Waals surface area contributed by atoms with E-state index in [1.54, 1.807) is 5.57 Å². The Balaban J connectivity index is 0.999. The summed E-state index contributed by atoms with van der Waals surface area (Å²) < 4.78 is 0. The van der Waals surface area contributed by atoms with E-state index in [2.05, 4.69) is 60.3 Å². The molecule has 0 saturated heterocycles. The molecule has 3 heteroatoms. The topological polar surface area (TPSA) is 23.5 Å². The van der Waals surface area contributed by atoms with Crippen LogP contribution in [0.15, 0.2) is 35.3 Å². The van der Waals surface area contributed by atoms with Gasteiger partial charge in [-0.3, -0.25) is 4.90 Å². The van der Waals surface area contributed by atoms with E-state index in [0.717, 1.165) is 36.0 Å². The lowest BCUT2D eigenvalue weighted by molar-refractivity contribution is 0.0538. The van der Waals surface area contributed by atoms with Gasteiger partial charge in [-0.1, -0.05) is 62.5 Å². The first-order chi connectivity index (χ1) is 17.6. The predicted octanol–water partition coefficient (Wildman–Crippen LogP) is 8.59. The minimum Gasteiger partial charge on any atom is -0.393 e. The molecule has 0 radical (unpaired) electrons. The van der Waals surface area contributed by atoms with Crippen LogP contribution in [0.2, 0.25) is 0 Å². The molecule has 0 aromatic carbocycles. The number of hydrogen-bond donors (Lipinski definition) is 1. The molecule has 0 amide bonds. The summed E-state index contributed by atoms with van der Waals surface area (Å²) in [7, 11) is 2.36. The van der Waals surface area contributed by atoms with Crippen molar-refractivity contribution < 1.29 is 5.11 Å². The Morgan fingerprint density at radius 1 is 0.944 bits per heavy atom. The summed E-state index contributed by atoms with van der Waals surface area (Å²) in [4.78, 5) is 2.65. The molecule has 7 atom stereocenters. The van der Waals surface area contributed by atoms with E-state index >= 15 is 0 Å². The van der Waals surface area contributed by atoms with Crippen LogP contribution in [0.1, 0.15) is 103 Å². The third kappa shape index (κ3) is 6.92. The van der Waals surface area contributed by atoms with Gasteiger partial charge in [0, 0.05) is 6.54 Å². The van der Waals surface area contributed by atoms with Gasteiger partial charge in [0.05, 0.1) is 11.5 Å². The highest BCUT2D eigenvalue weighted by Crippen LogP contribution is 2.44. The molecule has 0 spiro atoms. The van der Waals surface area contributed by atoms with Crippen LogP contribution in [-0.4, -0.2) is 35.1 Å². The predicted molar refractivity (Wildman–Crippen MR) is 156 cm³/mol. The van der Waals surface area contributed by atoms with Crippen LogP contribution in [0.25, 0.3) is 0 Å². The van der Waals surface area contributed by atoms with Crippen LogP contribution in [0, 0.1) is 41.4 Å². The molecule has 5 aliphatic rings. The van der Waals surface area contributed by atoms with E-state index in [4.69, 9.17) is 0 Å². The monoisotopic (exact) mass is 511 g/mol. The Bertz CT molecular complexity index is 781. The average Bonchev–Trinajstić information content (AvgIpc) is 3.43. The van der Waals surface area contributed by atoms with Crippen molar-refractivity contribution in [3.63, 3.8) is 0 Å². The zero-order valence-electron chi connectivity index (χ0n) is 23.2. The van der Waals surface area contributed by atoms with Gasteiger partial charge in [-0.05, 0) is 125 Å². The molecule has 1 aliphatic heterocycles. The van der Waals surface area contributed by atoms with Gasteiger partial charge in [-0.15, -0.1) is 11.8 Å². The first-order valence-corrected chi connectivity index (χ1v) is 16.6. The largest absolute Gasteiger partial charge is 0.393 e. The maximum absolute atomic E-state index is 11.0. The average molecular weight is 512 g/mol. The first-order valence-electron chi connectivity index (χ1n) is 15.7. The van der Waals surface area contributed by atoms with E-state index in [1.807, 2.05) is 0 Å². The van der Waals surface area contributed by atoms with E-state index in [1.165, 1.54) is 96.4 Å². The second-order valence-corrected chi connectivity index (χ2v) is 14.3. The fourth-order valence-electron chi connectivity index (χ4n) is 8.25. The Morgan fingerprint density at radius 2 is 1.78 bits per heavy atom. The lowest BCUT2D eigenvalue weighted by Gasteiger charge is -2.36. The summed E-state index contributed by atoms with van der Waals surface area (Å²) >= 11 is 2.07. The fourth-order valence-corrected chi connectivity index (χ4v) is 9.44. The lowest BCUT2D eigenvalue weighted by Crippen LogP contribution is -2.35.